The van der Waals surface area contributed by atoms with E-state index in [0.717, 1.165) is 16.8 Å². The van der Waals surface area contributed by atoms with Gasteiger partial charge in [0.15, 0.2) is 5.82 Å². The lowest BCUT2D eigenvalue weighted by Gasteiger charge is -2.12. The minimum Gasteiger partial charge on any atom is -0.301 e. The number of halogens is 2. The van der Waals surface area contributed by atoms with Crippen LogP contribution < -0.4 is 10.0 Å². The topological polar surface area (TPSA) is 93.1 Å². The van der Waals surface area contributed by atoms with Gasteiger partial charge in [0, 0.05) is 12.4 Å². The van der Waals surface area contributed by atoms with Crippen LogP contribution in [0.5, 0.6) is 0 Å². The second-order valence-corrected chi connectivity index (χ2v) is 6.43. The third-order valence-corrected chi connectivity index (χ3v) is 4.25. The number of aromatic nitrogens is 2. The van der Waals surface area contributed by atoms with Gasteiger partial charge in [-0.3, -0.25) is 4.72 Å². The van der Waals surface area contributed by atoms with Gasteiger partial charge in [0.2, 0.25) is 10.0 Å². The summed E-state index contributed by atoms with van der Waals surface area (Å²) in [5.74, 6) is -2.47. The normalized spacial score (nSPS) is 11.3. The Kier molecular flexibility index (Phi) is 4.94. The van der Waals surface area contributed by atoms with Crippen LogP contribution in [-0.4, -0.2) is 30.0 Å². The van der Waals surface area contributed by atoms with E-state index in [2.05, 4.69) is 5.10 Å². The molecule has 0 aliphatic heterocycles. The van der Waals surface area contributed by atoms with Gasteiger partial charge in [-0.2, -0.15) is 9.78 Å². The highest BCUT2D eigenvalue weighted by Gasteiger charge is 2.20. The maximum absolute atomic E-state index is 14.3. The molecular weight excluding hydrogens is 330 g/mol. The Morgan fingerprint density at radius 3 is 2.70 bits per heavy atom. The van der Waals surface area contributed by atoms with E-state index in [1.807, 2.05) is 10.0 Å². The number of nitrogens with zero attached hydrogens (tertiary/aromatic N) is 2. The van der Waals surface area contributed by atoms with Crippen LogP contribution in [-0.2, 0) is 10.0 Å². The highest BCUT2D eigenvalue weighted by molar-refractivity contribution is 7.92. The van der Waals surface area contributed by atoms with Crippen molar-refractivity contribution in [2.24, 2.45) is 0 Å². The minimum absolute atomic E-state index is 0.210. The number of sulfonamides is 1. The molecule has 1 heterocycles. The van der Waals surface area contributed by atoms with Crippen molar-refractivity contribution < 1.29 is 22.0 Å². The third-order valence-electron chi connectivity index (χ3n) is 2.77. The predicted molar refractivity (Wildman–Crippen MR) is 80.7 cm³/mol. The number of anilines is 2. The van der Waals surface area contributed by atoms with Crippen molar-refractivity contribution in [3.05, 3.63) is 42.2 Å². The second kappa shape index (κ2) is 6.73. The number of amides is 1. The summed E-state index contributed by atoms with van der Waals surface area (Å²) in [5, 5.41) is 5.64. The first kappa shape index (κ1) is 16.9. The monoisotopic (exact) mass is 344 g/mol. The lowest BCUT2D eigenvalue weighted by Crippen LogP contribution is -2.22. The number of hydrogen-bond acceptors (Lipinski definition) is 4. The van der Waals surface area contributed by atoms with Crippen molar-refractivity contribution in [3.63, 3.8) is 0 Å². The average Bonchev–Trinajstić information content (AvgIpc) is 3.00. The standard InChI is InChI=1S/C13H14F2N4O3S/c1-2-8-23(21,22)18-10-5-4-9(14)12(11(10)15)17-13(20)19-7-3-6-16-19/h3-7,18H,2,8H2,1H3,(H,17,20). The molecule has 10 heteroatoms. The van der Waals surface area contributed by atoms with Crippen molar-refractivity contribution in [1.29, 1.82) is 0 Å². The summed E-state index contributed by atoms with van der Waals surface area (Å²) in [6, 6.07) is 2.37. The largest absolute Gasteiger partial charge is 0.346 e. The minimum atomic E-state index is -3.75. The quantitative estimate of drug-likeness (QED) is 0.871. The van der Waals surface area contributed by atoms with Crippen LogP contribution in [0.2, 0.25) is 0 Å². The lowest BCUT2D eigenvalue weighted by molar-refractivity contribution is 0.250. The number of carbonyl (C=O) groups excluding carboxylic acids is 1. The first-order valence-corrected chi connectivity index (χ1v) is 8.28. The fourth-order valence-electron chi connectivity index (χ4n) is 1.79. The molecule has 0 bridgehead atoms. The molecule has 0 radical (unpaired) electrons. The van der Waals surface area contributed by atoms with Crippen LogP contribution in [0, 0.1) is 11.6 Å². The first-order valence-electron chi connectivity index (χ1n) is 6.63. The third kappa shape index (κ3) is 4.03. The van der Waals surface area contributed by atoms with E-state index >= 15 is 0 Å². The molecule has 2 N–H and O–H groups in total. The first-order chi connectivity index (χ1) is 10.8. The van der Waals surface area contributed by atoms with Gasteiger partial charge in [0.1, 0.15) is 11.5 Å². The Hall–Kier alpha value is -2.49. The van der Waals surface area contributed by atoms with Gasteiger partial charge >= 0.3 is 6.03 Å². The summed E-state index contributed by atoms with van der Waals surface area (Å²) in [6.45, 7) is 1.65. The molecule has 0 atom stereocenters. The van der Waals surface area contributed by atoms with Gasteiger partial charge in [-0.25, -0.2) is 22.0 Å². The maximum atomic E-state index is 14.3. The van der Waals surface area contributed by atoms with Crippen molar-refractivity contribution >= 4 is 27.4 Å². The number of carbonyl (C=O) groups is 1. The van der Waals surface area contributed by atoms with Gasteiger partial charge < -0.3 is 5.32 Å². The van der Waals surface area contributed by atoms with Gasteiger partial charge in [-0.15, -0.1) is 0 Å². The highest BCUT2D eigenvalue weighted by Crippen LogP contribution is 2.26. The van der Waals surface area contributed by atoms with E-state index in [1.165, 1.54) is 18.5 Å². The molecule has 2 aromatic rings. The van der Waals surface area contributed by atoms with Crippen molar-refractivity contribution in [1.82, 2.24) is 9.78 Å². The summed E-state index contributed by atoms with van der Waals surface area (Å²) in [5.41, 5.74) is -1.21. The molecule has 2 rings (SSSR count). The van der Waals surface area contributed by atoms with Crippen LogP contribution >= 0.6 is 0 Å². The van der Waals surface area contributed by atoms with Gasteiger partial charge in [-0.1, -0.05) is 6.92 Å². The average molecular weight is 344 g/mol. The Bertz CT molecular complexity index is 807. The Morgan fingerprint density at radius 1 is 1.35 bits per heavy atom. The summed E-state index contributed by atoms with van der Waals surface area (Å²) in [6.07, 6.45) is 2.95. The van der Waals surface area contributed by atoms with Crippen LogP contribution in [0.3, 0.4) is 0 Å². The zero-order valence-corrected chi connectivity index (χ0v) is 12.9. The van der Waals surface area contributed by atoms with Crippen LogP contribution in [0.15, 0.2) is 30.6 Å². The Morgan fingerprint density at radius 2 is 2.09 bits per heavy atom. The zero-order valence-electron chi connectivity index (χ0n) is 12.1. The summed E-state index contributed by atoms with van der Waals surface area (Å²) in [4.78, 5) is 11.8. The van der Waals surface area contributed by atoms with Crippen molar-refractivity contribution in [2.45, 2.75) is 13.3 Å². The molecular formula is C13H14F2N4O3S. The summed E-state index contributed by atoms with van der Waals surface area (Å²) >= 11 is 0. The molecule has 1 aromatic heterocycles. The molecule has 0 saturated carbocycles. The number of rotatable bonds is 5. The Labute approximate surface area is 131 Å². The lowest BCUT2D eigenvalue weighted by atomic mass is 10.2. The second-order valence-electron chi connectivity index (χ2n) is 4.59. The number of benzene rings is 1. The SMILES string of the molecule is CCCS(=O)(=O)Nc1ccc(F)c(NC(=O)n2cccn2)c1F. The van der Waals surface area contributed by atoms with E-state index < -0.39 is 39.1 Å². The van der Waals surface area contributed by atoms with E-state index in [4.69, 9.17) is 0 Å². The van der Waals surface area contributed by atoms with Gasteiger partial charge in [-0.05, 0) is 24.6 Å². The van der Waals surface area contributed by atoms with Gasteiger partial charge in [0.05, 0.1) is 11.4 Å². The molecule has 0 saturated heterocycles. The fourth-order valence-corrected chi connectivity index (χ4v) is 2.92. The van der Waals surface area contributed by atoms with E-state index in [-0.39, 0.29) is 5.75 Å². The van der Waals surface area contributed by atoms with Crippen molar-refractivity contribution in [2.75, 3.05) is 15.8 Å². The Balaban J connectivity index is 2.30. The molecule has 0 unspecified atom stereocenters. The molecule has 0 aliphatic rings. The molecule has 0 fully saturated rings. The highest BCUT2D eigenvalue weighted by atomic mass is 32.2. The smallest absolute Gasteiger partial charge is 0.301 e. The summed E-state index contributed by atoms with van der Waals surface area (Å²) < 4.78 is 54.3. The maximum Gasteiger partial charge on any atom is 0.346 e. The molecule has 0 spiro atoms. The molecule has 124 valence electrons. The molecule has 0 aliphatic carbocycles. The molecule has 7 nitrogen and oxygen atoms in total. The zero-order chi connectivity index (χ0) is 17.0. The van der Waals surface area contributed by atoms with E-state index in [9.17, 15) is 22.0 Å². The summed E-state index contributed by atoms with van der Waals surface area (Å²) in [7, 11) is -3.75. The van der Waals surface area contributed by atoms with Gasteiger partial charge in [0.25, 0.3) is 0 Å². The van der Waals surface area contributed by atoms with Crippen molar-refractivity contribution in [3.8, 4) is 0 Å². The van der Waals surface area contributed by atoms with E-state index in [0.29, 0.717) is 6.42 Å². The molecule has 23 heavy (non-hydrogen) atoms. The number of nitrogens with one attached hydrogen (secondary N) is 2. The predicted octanol–water partition coefficient (Wildman–Crippen LogP) is 2.39. The molecule has 1 amide bonds. The fraction of sp³-hybridized carbons (Fsp3) is 0.231. The van der Waals surface area contributed by atoms with Crippen LogP contribution in [0.1, 0.15) is 13.3 Å². The van der Waals surface area contributed by atoms with Crippen LogP contribution in [0.25, 0.3) is 0 Å². The van der Waals surface area contributed by atoms with E-state index in [1.54, 1.807) is 6.92 Å². The number of hydrogen-bond donors (Lipinski definition) is 2. The molecule has 1 aromatic carbocycles. The van der Waals surface area contributed by atoms with Crippen LogP contribution in [0.4, 0.5) is 25.0 Å².